The van der Waals surface area contributed by atoms with Gasteiger partial charge in [-0.3, -0.25) is 14.3 Å². The summed E-state index contributed by atoms with van der Waals surface area (Å²) < 4.78 is 7.28. The summed E-state index contributed by atoms with van der Waals surface area (Å²) >= 11 is 0. The molecule has 3 N–H and O–H groups in total. The Bertz CT molecular complexity index is 664. The number of carbonyl (C=O) groups is 2. The number of carbonyl (C=O) groups excluding carboxylic acids is 2. The fourth-order valence-corrected chi connectivity index (χ4v) is 3.33. The Morgan fingerprint density at radius 1 is 1.36 bits per heavy atom. The Kier molecular flexibility index (Phi) is 4.62. The number of hydrogen-bond acceptors (Lipinski definition) is 4. The largest absolute Gasteiger partial charge is 0.381 e. The van der Waals surface area contributed by atoms with Crippen molar-refractivity contribution in [2.75, 3.05) is 19.8 Å². The van der Waals surface area contributed by atoms with Crippen molar-refractivity contribution in [3.05, 3.63) is 17.5 Å². The van der Waals surface area contributed by atoms with E-state index in [2.05, 4.69) is 31.2 Å². The Morgan fingerprint density at radius 3 is 2.52 bits per heavy atom. The molecule has 0 spiro atoms. The minimum atomic E-state index is -0.722. The molecule has 1 aliphatic carbocycles. The van der Waals surface area contributed by atoms with Crippen molar-refractivity contribution in [1.82, 2.24) is 15.1 Å². The van der Waals surface area contributed by atoms with Crippen LogP contribution in [-0.2, 0) is 15.1 Å². The third-order valence-electron chi connectivity index (χ3n) is 5.16. The second-order valence-electron chi connectivity index (χ2n) is 8.25. The van der Waals surface area contributed by atoms with E-state index in [1.54, 1.807) is 0 Å². The number of nitrogens with zero attached hydrogens (tertiary/aromatic N) is 2. The van der Waals surface area contributed by atoms with Gasteiger partial charge in [-0.15, -0.1) is 0 Å². The smallest absolute Gasteiger partial charge is 0.271 e. The van der Waals surface area contributed by atoms with Crippen LogP contribution in [0.1, 0.15) is 68.6 Å². The number of hydrogen-bond donors (Lipinski definition) is 2. The number of nitrogens with two attached hydrogens (primary N) is 1. The van der Waals surface area contributed by atoms with E-state index in [4.69, 9.17) is 10.5 Å². The summed E-state index contributed by atoms with van der Waals surface area (Å²) in [6.45, 7) is 7.45. The van der Waals surface area contributed by atoms with E-state index in [9.17, 15) is 9.59 Å². The van der Waals surface area contributed by atoms with Crippen LogP contribution in [0.25, 0.3) is 0 Å². The summed E-state index contributed by atoms with van der Waals surface area (Å²) in [6.07, 6.45) is 3.36. The molecular formula is C18H28N4O3. The maximum atomic E-state index is 12.6. The molecule has 1 saturated carbocycles. The van der Waals surface area contributed by atoms with Crippen LogP contribution < -0.4 is 11.1 Å². The zero-order valence-corrected chi connectivity index (χ0v) is 15.3. The highest BCUT2D eigenvalue weighted by molar-refractivity contribution is 5.93. The highest BCUT2D eigenvalue weighted by Gasteiger charge is 2.39. The second kappa shape index (κ2) is 6.44. The Hall–Kier alpha value is -1.89. The number of rotatable bonds is 5. The molecule has 1 saturated heterocycles. The van der Waals surface area contributed by atoms with Crippen molar-refractivity contribution >= 4 is 11.8 Å². The van der Waals surface area contributed by atoms with Gasteiger partial charge in [-0.1, -0.05) is 0 Å². The Balaban J connectivity index is 1.74. The van der Waals surface area contributed by atoms with Gasteiger partial charge in [-0.2, -0.15) is 5.10 Å². The van der Waals surface area contributed by atoms with E-state index in [1.165, 1.54) is 0 Å². The van der Waals surface area contributed by atoms with Gasteiger partial charge in [0.05, 0.1) is 11.0 Å². The molecular weight excluding hydrogens is 320 g/mol. The van der Waals surface area contributed by atoms with E-state index in [-0.39, 0.29) is 23.9 Å². The van der Waals surface area contributed by atoms with Crippen LogP contribution in [0.3, 0.4) is 0 Å². The molecule has 1 aromatic heterocycles. The van der Waals surface area contributed by atoms with Gasteiger partial charge in [0, 0.05) is 31.4 Å². The quantitative estimate of drug-likeness (QED) is 0.843. The van der Waals surface area contributed by atoms with Gasteiger partial charge in [0.1, 0.15) is 5.69 Å². The molecule has 7 nitrogen and oxygen atoms in total. The van der Waals surface area contributed by atoms with E-state index in [1.807, 2.05) is 10.7 Å². The Morgan fingerprint density at radius 2 is 2.00 bits per heavy atom. The zero-order valence-electron chi connectivity index (χ0n) is 15.3. The van der Waals surface area contributed by atoms with Crippen LogP contribution in [0.2, 0.25) is 0 Å². The van der Waals surface area contributed by atoms with Crippen molar-refractivity contribution in [2.24, 2.45) is 11.1 Å². The minimum Gasteiger partial charge on any atom is -0.381 e. The van der Waals surface area contributed by atoms with Gasteiger partial charge in [-0.25, -0.2) is 0 Å². The molecule has 138 valence electrons. The van der Waals surface area contributed by atoms with Gasteiger partial charge in [0.25, 0.3) is 5.91 Å². The number of primary amides is 1. The first-order chi connectivity index (χ1) is 11.7. The molecule has 0 bridgehead atoms. The summed E-state index contributed by atoms with van der Waals surface area (Å²) in [7, 11) is 0. The van der Waals surface area contributed by atoms with Crippen LogP contribution in [-0.4, -0.2) is 41.4 Å². The third-order valence-corrected chi connectivity index (χ3v) is 5.16. The first kappa shape index (κ1) is 17.9. The second-order valence-corrected chi connectivity index (χ2v) is 8.25. The first-order valence-electron chi connectivity index (χ1n) is 8.99. The van der Waals surface area contributed by atoms with E-state index < -0.39 is 5.41 Å². The van der Waals surface area contributed by atoms with E-state index in [0.29, 0.717) is 37.7 Å². The summed E-state index contributed by atoms with van der Waals surface area (Å²) in [6, 6.07) is 1.89. The monoisotopic (exact) mass is 348 g/mol. The lowest BCUT2D eigenvalue weighted by Crippen LogP contribution is -2.49. The van der Waals surface area contributed by atoms with Crippen LogP contribution in [0.4, 0.5) is 0 Å². The molecule has 2 heterocycles. The average Bonchev–Trinajstić information content (AvgIpc) is 3.30. The highest BCUT2D eigenvalue weighted by Crippen LogP contribution is 2.41. The molecule has 0 aromatic carbocycles. The van der Waals surface area contributed by atoms with Crippen molar-refractivity contribution < 1.29 is 14.3 Å². The molecule has 2 aliphatic rings. The fourth-order valence-electron chi connectivity index (χ4n) is 3.33. The summed E-state index contributed by atoms with van der Waals surface area (Å²) in [5, 5.41) is 7.41. The lowest BCUT2D eigenvalue weighted by atomic mass is 9.79. The third kappa shape index (κ3) is 3.71. The highest BCUT2D eigenvalue weighted by atomic mass is 16.5. The molecule has 0 unspecified atom stereocenters. The predicted molar refractivity (Wildman–Crippen MR) is 93.2 cm³/mol. The SMILES string of the molecule is CC(C)(C)n1nc(C(=O)NCC2(C(N)=O)CCOCC2)cc1C1CC1. The average molecular weight is 348 g/mol. The van der Waals surface area contributed by atoms with Gasteiger partial charge in [0.2, 0.25) is 5.91 Å². The first-order valence-corrected chi connectivity index (χ1v) is 8.99. The maximum Gasteiger partial charge on any atom is 0.271 e. The summed E-state index contributed by atoms with van der Waals surface area (Å²) in [4.78, 5) is 24.5. The standard InChI is InChI=1S/C18H28N4O3/c1-17(2,3)22-14(12-4-5-12)10-13(21-22)15(23)20-11-18(16(19)24)6-8-25-9-7-18/h10,12H,4-9,11H2,1-3H3,(H2,19,24)(H,20,23). The number of nitrogens with one attached hydrogen (secondary N) is 1. The molecule has 7 heteroatoms. The van der Waals surface area contributed by atoms with Crippen LogP contribution in [0.15, 0.2) is 6.07 Å². The van der Waals surface area contributed by atoms with Crippen molar-refractivity contribution in [3.8, 4) is 0 Å². The van der Waals surface area contributed by atoms with Crippen LogP contribution >= 0.6 is 0 Å². The normalized spacial score (nSPS) is 20.3. The van der Waals surface area contributed by atoms with Crippen molar-refractivity contribution in [1.29, 1.82) is 0 Å². The molecule has 3 rings (SSSR count). The van der Waals surface area contributed by atoms with Crippen molar-refractivity contribution in [3.63, 3.8) is 0 Å². The number of amides is 2. The van der Waals surface area contributed by atoms with Gasteiger partial charge in [-0.05, 0) is 52.5 Å². The van der Waals surface area contributed by atoms with Crippen LogP contribution in [0, 0.1) is 5.41 Å². The molecule has 1 aromatic rings. The summed E-state index contributed by atoms with van der Waals surface area (Å²) in [5.41, 5.74) is 6.22. The fraction of sp³-hybridized carbons (Fsp3) is 0.722. The molecule has 2 amide bonds. The maximum absolute atomic E-state index is 12.6. The Labute approximate surface area is 148 Å². The summed E-state index contributed by atoms with van der Waals surface area (Å²) in [5.74, 6) is -0.132. The van der Waals surface area contributed by atoms with E-state index in [0.717, 1.165) is 18.5 Å². The molecule has 25 heavy (non-hydrogen) atoms. The molecule has 2 fully saturated rings. The molecule has 0 atom stereocenters. The van der Waals surface area contributed by atoms with Gasteiger partial charge in [0.15, 0.2) is 0 Å². The lowest BCUT2D eigenvalue weighted by Gasteiger charge is -2.34. The topological polar surface area (TPSA) is 99.2 Å². The van der Waals surface area contributed by atoms with Crippen LogP contribution in [0.5, 0.6) is 0 Å². The van der Waals surface area contributed by atoms with Crippen molar-refractivity contribution in [2.45, 2.75) is 57.9 Å². The van der Waals surface area contributed by atoms with E-state index >= 15 is 0 Å². The molecule has 1 aliphatic heterocycles. The molecule has 0 radical (unpaired) electrons. The zero-order chi connectivity index (χ0) is 18.2. The van der Waals surface area contributed by atoms with Gasteiger partial charge >= 0.3 is 0 Å². The van der Waals surface area contributed by atoms with Gasteiger partial charge < -0.3 is 15.8 Å². The number of ether oxygens (including phenoxy) is 1. The lowest BCUT2D eigenvalue weighted by molar-refractivity contribution is -0.132. The predicted octanol–water partition coefficient (Wildman–Crippen LogP) is 1.53. The minimum absolute atomic E-state index is 0.175. The number of aromatic nitrogens is 2.